The molecule has 0 unspecified atom stereocenters. The molecule has 1 amide bonds. The molecule has 0 radical (unpaired) electrons. The van der Waals surface area contributed by atoms with Gasteiger partial charge >= 0.3 is 6.09 Å². The zero-order valence-corrected chi connectivity index (χ0v) is 18.4. The highest BCUT2D eigenvalue weighted by Gasteiger charge is 2.27. The van der Waals surface area contributed by atoms with Crippen LogP contribution in [0, 0.1) is 6.92 Å². The van der Waals surface area contributed by atoms with Crippen molar-refractivity contribution < 1.29 is 18.3 Å². The molecule has 1 aromatic heterocycles. The molecule has 2 aromatic carbocycles. The standard InChI is InChI=1S/C18H15BrClN3O5S/c1-3-29(27,28)15-5-4-11(20)8-14(15)23(18(25)26)22-9-21-16-12(17(22)24)6-10(2)7-13(16)19/h4-9H,3H2,1-2H3,(H,25,26). The Bertz CT molecular complexity index is 1310. The Kier molecular flexibility index (Phi) is 5.70. The predicted octanol–water partition coefficient (Wildman–Crippen LogP) is 3.86. The third kappa shape index (κ3) is 3.87. The first kappa shape index (κ1) is 21.3. The average molecular weight is 501 g/mol. The second kappa shape index (κ2) is 7.77. The third-order valence-corrected chi connectivity index (χ3v) is 6.82. The van der Waals surface area contributed by atoms with Crippen LogP contribution in [0.15, 0.2) is 50.8 Å². The van der Waals surface area contributed by atoms with Crippen molar-refractivity contribution in [1.29, 1.82) is 0 Å². The molecule has 0 aliphatic rings. The van der Waals surface area contributed by atoms with E-state index in [1.807, 2.05) is 0 Å². The van der Waals surface area contributed by atoms with Crippen molar-refractivity contribution in [3.05, 3.63) is 62.1 Å². The van der Waals surface area contributed by atoms with E-state index in [1.54, 1.807) is 19.1 Å². The van der Waals surface area contributed by atoms with Crippen LogP contribution in [0.25, 0.3) is 10.9 Å². The molecular weight excluding hydrogens is 486 g/mol. The SMILES string of the molecule is CCS(=O)(=O)c1ccc(Cl)cc1N(C(=O)O)n1cnc2c(Br)cc(C)cc2c1=O. The van der Waals surface area contributed by atoms with Gasteiger partial charge in [0.1, 0.15) is 6.33 Å². The summed E-state index contributed by atoms with van der Waals surface area (Å²) in [4.78, 5) is 29.1. The lowest BCUT2D eigenvalue weighted by molar-refractivity contribution is 0.198. The summed E-state index contributed by atoms with van der Waals surface area (Å²) >= 11 is 9.34. The number of benzene rings is 2. The fourth-order valence-electron chi connectivity index (χ4n) is 2.85. The van der Waals surface area contributed by atoms with Gasteiger partial charge in [0.2, 0.25) is 0 Å². The maximum absolute atomic E-state index is 13.1. The molecule has 0 saturated heterocycles. The first-order valence-electron chi connectivity index (χ1n) is 8.30. The van der Waals surface area contributed by atoms with Crippen molar-refractivity contribution in [3.63, 3.8) is 0 Å². The molecule has 0 aliphatic heterocycles. The number of carbonyl (C=O) groups is 1. The number of nitrogens with zero attached hydrogens (tertiary/aromatic N) is 3. The van der Waals surface area contributed by atoms with Gasteiger partial charge in [0, 0.05) is 9.50 Å². The number of sulfone groups is 1. The predicted molar refractivity (Wildman–Crippen MR) is 114 cm³/mol. The minimum absolute atomic E-state index is 0.113. The molecule has 8 nitrogen and oxygen atoms in total. The summed E-state index contributed by atoms with van der Waals surface area (Å²) in [5, 5.41) is 10.6. The van der Waals surface area contributed by atoms with E-state index in [0.717, 1.165) is 16.6 Å². The van der Waals surface area contributed by atoms with Gasteiger partial charge in [-0.1, -0.05) is 18.5 Å². The van der Waals surface area contributed by atoms with Gasteiger partial charge in [0.05, 0.1) is 27.2 Å². The summed E-state index contributed by atoms with van der Waals surface area (Å²) in [6.45, 7) is 3.21. The van der Waals surface area contributed by atoms with Gasteiger partial charge in [-0.2, -0.15) is 9.69 Å². The summed E-state index contributed by atoms with van der Waals surface area (Å²) in [6.07, 6.45) is -0.544. The molecule has 0 atom stereocenters. The fourth-order valence-corrected chi connectivity index (χ4v) is 4.74. The molecule has 29 heavy (non-hydrogen) atoms. The van der Waals surface area contributed by atoms with Crippen LogP contribution >= 0.6 is 27.5 Å². The largest absolute Gasteiger partial charge is 0.463 e. The van der Waals surface area contributed by atoms with Gasteiger partial charge in [-0.25, -0.2) is 18.2 Å². The number of hydrogen-bond acceptors (Lipinski definition) is 5. The summed E-state index contributed by atoms with van der Waals surface area (Å²) in [5.41, 5.74) is 0.179. The van der Waals surface area contributed by atoms with Crippen LogP contribution in [-0.2, 0) is 9.84 Å². The minimum Gasteiger partial charge on any atom is -0.463 e. The second-order valence-electron chi connectivity index (χ2n) is 6.15. The number of amides is 1. The highest BCUT2D eigenvalue weighted by molar-refractivity contribution is 9.10. The van der Waals surface area contributed by atoms with Crippen molar-refractivity contribution in [2.75, 3.05) is 10.8 Å². The number of fused-ring (bicyclic) bond motifs is 1. The van der Waals surface area contributed by atoms with Crippen molar-refractivity contribution in [2.24, 2.45) is 0 Å². The van der Waals surface area contributed by atoms with E-state index in [9.17, 15) is 23.1 Å². The van der Waals surface area contributed by atoms with Gasteiger partial charge in [-0.05, 0) is 58.7 Å². The zero-order valence-electron chi connectivity index (χ0n) is 15.3. The number of carboxylic acid groups (broad SMARTS) is 1. The van der Waals surface area contributed by atoms with Crippen molar-refractivity contribution >= 4 is 60.1 Å². The maximum atomic E-state index is 13.1. The van der Waals surface area contributed by atoms with Crippen molar-refractivity contribution in [1.82, 2.24) is 9.66 Å². The lowest BCUT2D eigenvalue weighted by atomic mass is 10.2. The molecule has 1 heterocycles. The fraction of sp³-hybridized carbons (Fsp3) is 0.167. The molecule has 0 saturated carbocycles. The zero-order chi connectivity index (χ0) is 21.5. The number of hydrogen-bond donors (Lipinski definition) is 1. The van der Waals surface area contributed by atoms with E-state index in [2.05, 4.69) is 20.9 Å². The van der Waals surface area contributed by atoms with Crippen LogP contribution in [0.3, 0.4) is 0 Å². The van der Waals surface area contributed by atoms with Crippen molar-refractivity contribution in [3.8, 4) is 0 Å². The maximum Gasteiger partial charge on any atom is 0.431 e. The summed E-state index contributed by atoms with van der Waals surface area (Å²) in [5.74, 6) is -0.258. The molecule has 3 rings (SSSR count). The van der Waals surface area contributed by atoms with Crippen LogP contribution in [0.1, 0.15) is 12.5 Å². The molecule has 3 aromatic rings. The Morgan fingerprint density at radius 1 is 1.31 bits per heavy atom. The quantitative estimate of drug-likeness (QED) is 0.582. The number of anilines is 1. The Morgan fingerprint density at radius 2 is 2.00 bits per heavy atom. The molecule has 0 spiro atoms. The van der Waals surface area contributed by atoms with E-state index < -0.39 is 21.5 Å². The van der Waals surface area contributed by atoms with Crippen LogP contribution in [0.4, 0.5) is 10.5 Å². The van der Waals surface area contributed by atoms with Gasteiger partial charge < -0.3 is 5.11 Å². The van der Waals surface area contributed by atoms with Gasteiger partial charge in [0.15, 0.2) is 9.84 Å². The summed E-state index contributed by atoms with van der Waals surface area (Å²) < 4.78 is 26.3. The van der Waals surface area contributed by atoms with Gasteiger partial charge in [0.25, 0.3) is 5.56 Å². The highest BCUT2D eigenvalue weighted by atomic mass is 79.9. The number of rotatable bonds is 4. The molecular formula is C18H15BrClN3O5S. The summed E-state index contributed by atoms with van der Waals surface area (Å²) in [7, 11) is -3.81. The van der Waals surface area contributed by atoms with E-state index in [0.29, 0.717) is 15.0 Å². The monoisotopic (exact) mass is 499 g/mol. The molecule has 11 heteroatoms. The Balaban J connectivity index is 2.37. The van der Waals surface area contributed by atoms with Crippen LogP contribution in [0.5, 0.6) is 0 Å². The van der Waals surface area contributed by atoms with E-state index in [4.69, 9.17) is 11.6 Å². The molecule has 152 valence electrons. The third-order valence-electron chi connectivity index (χ3n) is 4.20. The number of halogens is 2. The topological polar surface area (TPSA) is 110 Å². The lowest BCUT2D eigenvalue weighted by Crippen LogP contribution is -2.43. The Hall–Kier alpha value is -2.43. The molecule has 0 bridgehead atoms. The Labute approximate surface area is 179 Å². The van der Waals surface area contributed by atoms with Gasteiger partial charge in [-0.3, -0.25) is 4.79 Å². The minimum atomic E-state index is -3.81. The molecule has 0 aliphatic carbocycles. The number of aromatic nitrogens is 2. The number of aryl methyl sites for hydroxylation is 1. The van der Waals surface area contributed by atoms with Gasteiger partial charge in [-0.15, -0.1) is 0 Å². The van der Waals surface area contributed by atoms with E-state index in [1.165, 1.54) is 25.1 Å². The van der Waals surface area contributed by atoms with E-state index in [-0.39, 0.29) is 26.7 Å². The first-order chi connectivity index (χ1) is 13.6. The van der Waals surface area contributed by atoms with Crippen LogP contribution in [-0.4, -0.2) is 35.0 Å². The lowest BCUT2D eigenvalue weighted by Gasteiger charge is -2.23. The van der Waals surface area contributed by atoms with E-state index >= 15 is 0 Å². The second-order valence-corrected chi connectivity index (χ2v) is 9.68. The summed E-state index contributed by atoms with van der Waals surface area (Å²) in [6, 6.07) is 7.09. The van der Waals surface area contributed by atoms with Crippen LogP contribution < -0.4 is 10.6 Å². The highest BCUT2D eigenvalue weighted by Crippen LogP contribution is 2.30. The molecule has 0 fully saturated rings. The van der Waals surface area contributed by atoms with Crippen LogP contribution in [0.2, 0.25) is 5.02 Å². The average Bonchev–Trinajstić information content (AvgIpc) is 2.64. The normalized spacial score (nSPS) is 11.6. The smallest absolute Gasteiger partial charge is 0.431 e. The first-order valence-corrected chi connectivity index (χ1v) is 11.1. The molecule has 1 N–H and O–H groups in total. The Morgan fingerprint density at radius 3 is 2.62 bits per heavy atom. The van der Waals surface area contributed by atoms with Crippen molar-refractivity contribution in [2.45, 2.75) is 18.7 Å².